The smallest absolute Gasteiger partial charge is 0.270 e. The van der Waals surface area contributed by atoms with Crippen LogP contribution in [0.25, 0.3) is 0 Å². The van der Waals surface area contributed by atoms with Gasteiger partial charge in [0, 0.05) is 30.7 Å². The maximum absolute atomic E-state index is 10.6. The number of hydrogen-bond acceptors (Lipinski definition) is 5. The van der Waals surface area contributed by atoms with Crippen molar-refractivity contribution in [2.24, 2.45) is 5.73 Å². The molecule has 0 aliphatic heterocycles. The predicted molar refractivity (Wildman–Crippen MR) is 62.8 cm³/mol. The number of hydrogen-bond donors (Lipinski definition) is 2. The number of nitrogens with two attached hydrogens (primary N) is 1. The molecular formula is C11H16N2O4. The van der Waals surface area contributed by atoms with Crippen LogP contribution >= 0.6 is 0 Å². The maximum Gasteiger partial charge on any atom is 0.270 e. The van der Waals surface area contributed by atoms with E-state index in [1.165, 1.54) is 18.2 Å². The van der Waals surface area contributed by atoms with Crippen LogP contribution in [0.4, 0.5) is 5.69 Å². The molecule has 0 aliphatic carbocycles. The molecule has 17 heavy (non-hydrogen) atoms. The molecule has 6 heteroatoms. The highest BCUT2D eigenvalue weighted by Gasteiger charge is 2.10. The minimum Gasteiger partial charge on any atom is -0.493 e. The van der Waals surface area contributed by atoms with Crippen LogP contribution in [0.3, 0.4) is 0 Å². The van der Waals surface area contributed by atoms with E-state index in [1.807, 2.05) is 0 Å². The normalized spacial score (nSPS) is 12.2. The summed E-state index contributed by atoms with van der Waals surface area (Å²) in [5, 5.41) is 19.7. The largest absolute Gasteiger partial charge is 0.493 e. The SMILES string of the molecule is CC(O)CCOc1ccc([N+](=O)[O-])cc1CN. The third-order valence-electron chi connectivity index (χ3n) is 2.27. The van der Waals surface area contributed by atoms with Crippen LogP contribution in [0.1, 0.15) is 18.9 Å². The van der Waals surface area contributed by atoms with Crippen LogP contribution in [0.5, 0.6) is 5.75 Å². The van der Waals surface area contributed by atoms with Gasteiger partial charge in [-0.25, -0.2) is 0 Å². The Hall–Kier alpha value is -1.66. The monoisotopic (exact) mass is 240 g/mol. The van der Waals surface area contributed by atoms with Gasteiger partial charge in [-0.3, -0.25) is 10.1 Å². The molecule has 0 saturated heterocycles. The molecule has 1 unspecified atom stereocenters. The Morgan fingerprint density at radius 2 is 2.29 bits per heavy atom. The summed E-state index contributed by atoms with van der Waals surface area (Å²) in [6.07, 6.45) is 0.0652. The lowest BCUT2D eigenvalue weighted by molar-refractivity contribution is -0.384. The first-order valence-corrected chi connectivity index (χ1v) is 5.33. The van der Waals surface area contributed by atoms with Crippen molar-refractivity contribution in [3.63, 3.8) is 0 Å². The summed E-state index contributed by atoms with van der Waals surface area (Å²) in [4.78, 5) is 10.1. The molecular weight excluding hydrogens is 224 g/mol. The Morgan fingerprint density at radius 3 is 2.82 bits per heavy atom. The summed E-state index contributed by atoms with van der Waals surface area (Å²) in [6, 6.07) is 4.30. The van der Waals surface area contributed by atoms with Gasteiger partial charge in [0.15, 0.2) is 0 Å². The van der Waals surface area contributed by atoms with E-state index in [4.69, 9.17) is 15.6 Å². The molecule has 0 aliphatic rings. The number of nitro benzene ring substituents is 1. The molecule has 1 aromatic carbocycles. The zero-order valence-corrected chi connectivity index (χ0v) is 9.63. The Bertz CT molecular complexity index is 393. The molecule has 0 fully saturated rings. The Labute approximate surface area is 99.2 Å². The fourth-order valence-electron chi connectivity index (χ4n) is 1.32. The number of aliphatic hydroxyl groups is 1. The second kappa shape index (κ2) is 6.17. The maximum atomic E-state index is 10.6. The molecule has 0 saturated carbocycles. The average molecular weight is 240 g/mol. The second-order valence-electron chi connectivity index (χ2n) is 3.74. The summed E-state index contributed by atoms with van der Waals surface area (Å²) in [5.74, 6) is 0.527. The lowest BCUT2D eigenvalue weighted by atomic mass is 10.2. The third kappa shape index (κ3) is 4.01. The topological polar surface area (TPSA) is 98.6 Å². The summed E-state index contributed by atoms with van der Waals surface area (Å²) < 4.78 is 5.41. The van der Waals surface area contributed by atoms with Gasteiger partial charge < -0.3 is 15.6 Å². The molecule has 94 valence electrons. The molecule has 0 radical (unpaired) electrons. The lowest BCUT2D eigenvalue weighted by Gasteiger charge is -2.11. The standard InChI is InChI=1S/C11H16N2O4/c1-8(14)4-5-17-11-3-2-10(13(15)16)6-9(11)7-12/h2-3,6,8,14H,4-5,7,12H2,1H3. The Balaban J connectivity index is 2.75. The van der Waals surface area contributed by atoms with E-state index in [-0.39, 0.29) is 12.2 Å². The molecule has 6 nitrogen and oxygen atoms in total. The summed E-state index contributed by atoms with van der Waals surface area (Å²) >= 11 is 0. The van der Waals surface area contributed by atoms with E-state index in [1.54, 1.807) is 6.92 Å². The van der Waals surface area contributed by atoms with Gasteiger partial charge in [0.1, 0.15) is 5.75 Å². The van der Waals surface area contributed by atoms with E-state index < -0.39 is 11.0 Å². The van der Waals surface area contributed by atoms with Crippen molar-refractivity contribution in [2.75, 3.05) is 6.61 Å². The van der Waals surface area contributed by atoms with Gasteiger partial charge in [-0.15, -0.1) is 0 Å². The molecule has 1 rings (SSSR count). The summed E-state index contributed by atoms with van der Waals surface area (Å²) in [5.41, 5.74) is 6.08. The minimum absolute atomic E-state index is 0.00618. The zero-order valence-electron chi connectivity index (χ0n) is 9.63. The zero-order chi connectivity index (χ0) is 12.8. The van der Waals surface area contributed by atoms with Crippen LogP contribution in [-0.2, 0) is 6.54 Å². The number of nitrogens with zero attached hydrogens (tertiary/aromatic N) is 1. The summed E-state index contributed by atoms with van der Waals surface area (Å²) in [7, 11) is 0. The van der Waals surface area contributed by atoms with E-state index in [2.05, 4.69) is 0 Å². The van der Waals surface area contributed by atoms with Crippen LogP contribution in [0, 0.1) is 10.1 Å². The van der Waals surface area contributed by atoms with Crippen molar-refractivity contribution in [1.29, 1.82) is 0 Å². The highest BCUT2D eigenvalue weighted by atomic mass is 16.6. The third-order valence-corrected chi connectivity index (χ3v) is 2.27. The van der Waals surface area contributed by atoms with E-state index in [9.17, 15) is 10.1 Å². The molecule has 0 heterocycles. The van der Waals surface area contributed by atoms with Crippen molar-refractivity contribution in [3.8, 4) is 5.75 Å². The van der Waals surface area contributed by atoms with E-state index >= 15 is 0 Å². The Kier molecular flexibility index (Phi) is 4.86. The first-order chi connectivity index (χ1) is 8.04. The van der Waals surface area contributed by atoms with Gasteiger partial charge in [0.2, 0.25) is 0 Å². The number of nitro groups is 1. The highest BCUT2D eigenvalue weighted by Crippen LogP contribution is 2.23. The number of rotatable bonds is 6. The molecule has 1 aromatic rings. The first-order valence-electron chi connectivity index (χ1n) is 5.33. The van der Waals surface area contributed by atoms with Crippen LogP contribution in [-0.4, -0.2) is 22.7 Å². The van der Waals surface area contributed by atoms with Gasteiger partial charge >= 0.3 is 0 Å². The van der Waals surface area contributed by atoms with Gasteiger partial charge in [-0.05, 0) is 13.0 Å². The van der Waals surface area contributed by atoms with Crippen LogP contribution < -0.4 is 10.5 Å². The Morgan fingerprint density at radius 1 is 1.59 bits per heavy atom. The first kappa shape index (κ1) is 13.4. The van der Waals surface area contributed by atoms with Crippen molar-refractivity contribution in [2.45, 2.75) is 26.0 Å². The van der Waals surface area contributed by atoms with E-state index in [0.29, 0.717) is 24.3 Å². The van der Waals surface area contributed by atoms with Gasteiger partial charge in [-0.1, -0.05) is 0 Å². The molecule has 0 aromatic heterocycles. The highest BCUT2D eigenvalue weighted by molar-refractivity contribution is 5.43. The molecule has 3 N–H and O–H groups in total. The average Bonchev–Trinajstić information content (AvgIpc) is 2.28. The second-order valence-corrected chi connectivity index (χ2v) is 3.74. The summed E-state index contributed by atoms with van der Waals surface area (Å²) in [6.45, 7) is 2.19. The van der Waals surface area contributed by atoms with Gasteiger partial charge in [0.25, 0.3) is 5.69 Å². The van der Waals surface area contributed by atoms with E-state index in [0.717, 1.165) is 0 Å². The fraction of sp³-hybridized carbons (Fsp3) is 0.455. The number of ether oxygens (including phenoxy) is 1. The predicted octanol–water partition coefficient (Wildman–Crippen LogP) is 1.20. The quantitative estimate of drug-likeness (QED) is 0.575. The molecule has 0 bridgehead atoms. The fourth-order valence-corrected chi connectivity index (χ4v) is 1.32. The molecule has 0 spiro atoms. The number of non-ortho nitro benzene ring substituents is 1. The minimum atomic E-state index is -0.473. The van der Waals surface area contributed by atoms with Crippen molar-refractivity contribution >= 4 is 5.69 Å². The lowest BCUT2D eigenvalue weighted by Crippen LogP contribution is -2.09. The van der Waals surface area contributed by atoms with Gasteiger partial charge in [0.05, 0.1) is 17.6 Å². The molecule has 0 amide bonds. The van der Waals surface area contributed by atoms with Crippen molar-refractivity contribution < 1.29 is 14.8 Å². The molecule has 1 atom stereocenters. The van der Waals surface area contributed by atoms with Gasteiger partial charge in [-0.2, -0.15) is 0 Å². The van der Waals surface area contributed by atoms with Crippen LogP contribution in [0.2, 0.25) is 0 Å². The van der Waals surface area contributed by atoms with Crippen LogP contribution in [0.15, 0.2) is 18.2 Å². The number of benzene rings is 1. The van der Waals surface area contributed by atoms with Crippen molar-refractivity contribution in [1.82, 2.24) is 0 Å². The number of aliphatic hydroxyl groups excluding tert-OH is 1. The van der Waals surface area contributed by atoms with Crippen molar-refractivity contribution in [3.05, 3.63) is 33.9 Å².